The molecule has 4 nitrogen and oxygen atoms in total. The second-order valence-electron chi connectivity index (χ2n) is 3.61. The highest BCUT2D eigenvalue weighted by Crippen LogP contribution is 2.30. The maximum atomic E-state index is 12.1. The Bertz CT molecular complexity index is 611. The molecular weight excluding hydrogens is 242 g/mol. The third-order valence-corrected chi connectivity index (χ3v) is 4.42. The summed E-state index contributed by atoms with van der Waals surface area (Å²) in [7, 11) is 0. The van der Waals surface area contributed by atoms with E-state index in [4.69, 9.17) is 0 Å². The van der Waals surface area contributed by atoms with E-state index in [0.29, 0.717) is 22.8 Å². The number of hydrogen-bond donors (Lipinski definition) is 1. The number of rotatable bonds is 1. The molecule has 0 saturated heterocycles. The summed E-state index contributed by atoms with van der Waals surface area (Å²) >= 11 is 5.86. The molecule has 0 radical (unpaired) electrons. The van der Waals surface area contributed by atoms with Gasteiger partial charge in [-0.25, -0.2) is 9.97 Å². The minimum atomic E-state index is 0.00452. The van der Waals surface area contributed by atoms with Crippen LogP contribution in [0.3, 0.4) is 0 Å². The van der Waals surface area contributed by atoms with Gasteiger partial charge in [0.1, 0.15) is 0 Å². The van der Waals surface area contributed by atoms with Crippen LogP contribution in [-0.4, -0.2) is 25.5 Å². The summed E-state index contributed by atoms with van der Waals surface area (Å²) < 4.78 is 1.72. The Balaban J connectivity index is 2.28. The molecule has 0 aliphatic carbocycles. The van der Waals surface area contributed by atoms with E-state index in [2.05, 4.69) is 22.6 Å². The quantitative estimate of drug-likeness (QED) is 0.611. The molecule has 3 rings (SSSR count). The molecule has 0 amide bonds. The first kappa shape index (κ1) is 10.2. The highest BCUT2D eigenvalue weighted by Gasteiger charge is 2.24. The molecule has 0 saturated carbocycles. The number of hydrogen-bond acceptors (Lipinski definition) is 5. The van der Waals surface area contributed by atoms with Crippen LogP contribution in [0.15, 0.2) is 28.3 Å². The molecule has 0 spiro atoms. The first-order chi connectivity index (χ1) is 7.79. The Morgan fingerprint density at radius 3 is 3.31 bits per heavy atom. The molecule has 1 atom stereocenters. The van der Waals surface area contributed by atoms with Crippen molar-refractivity contribution in [2.24, 2.45) is 0 Å². The molecule has 1 aliphatic rings. The zero-order valence-electron chi connectivity index (χ0n) is 8.33. The van der Waals surface area contributed by atoms with Gasteiger partial charge in [-0.2, -0.15) is 12.6 Å². The van der Waals surface area contributed by atoms with Crippen molar-refractivity contribution in [1.29, 1.82) is 0 Å². The van der Waals surface area contributed by atoms with Crippen molar-refractivity contribution in [2.45, 2.75) is 17.0 Å². The summed E-state index contributed by atoms with van der Waals surface area (Å²) in [6.45, 7) is 0.695. The molecule has 0 aromatic carbocycles. The van der Waals surface area contributed by atoms with Gasteiger partial charge in [-0.05, 0) is 12.1 Å². The van der Waals surface area contributed by atoms with E-state index in [1.807, 2.05) is 0 Å². The number of pyridine rings is 1. The van der Waals surface area contributed by atoms with E-state index >= 15 is 0 Å². The Hall–Kier alpha value is -1.01. The van der Waals surface area contributed by atoms with Gasteiger partial charge in [0.15, 0.2) is 10.8 Å². The predicted molar refractivity (Wildman–Crippen MR) is 67.3 cm³/mol. The van der Waals surface area contributed by atoms with Gasteiger partial charge in [0.05, 0.1) is 5.39 Å². The number of nitrogens with zero attached hydrogens (tertiary/aromatic N) is 3. The number of aromatic nitrogens is 3. The number of thioether (sulfide) groups is 1. The Labute approximate surface area is 102 Å². The monoisotopic (exact) mass is 251 g/mol. The summed E-state index contributed by atoms with van der Waals surface area (Å²) in [5, 5.41) is 1.68. The van der Waals surface area contributed by atoms with E-state index in [-0.39, 0.29) is 5.56 Å². The van der Waals surface area contributed by atoms with Crippen molar-refractivity contribution in [3.8, 4) is 0 Å². The largest absolute Gasteiger partial charge is 0.286 e. The maximum absolute atomic E-state index is 12.1. The van der Waals surface area contributed by atoms with Crippen molar-refractivity contribution >= 4 is 35.4 Å². The van der Waals surface area contributed by atoms with E-state index in [0.717, 1.165) is 10.9 Å². The van der Waals surface area contributed by atoms with Gasteiger partial charge in [0.25, 0.3) is 5.56 Å². The first-order valence-corrected chi connectivity index (χ1v) is 6.44. The fraction of sp³-hybridized carbons (Fsp3) is 0.300. The first-order valence-electron chi connectivity index (χ1n) is 4.92. The third-order valence-electron chi connectivity index (χ3n) is 2.56. The summed E-state index contributed by atoms with van der Waals surface area (Å²) in [6, 6.07) is 3.53. The third kappa shape index (κ3) is 1.44. The van der Waals surface area contributed by atoms with Crippen LogP contribution in [0.5, 0.6) is 0 Å². The van der Waals surface area contributed by atoms with E-state index in [9.17, 15) is 4.79 Å². The average Bonchev–Trinajstić information content (AvgIpc) is 2.73. The van der Waals surface area contributed by atoms with Crippen LogP contribution in [0.2, 0.25) is 0 Å². The van der Waals surface area contributed by atoms with Crippen LogP contribution in [0.25, 0.3) is 11.0 Å². The summed E-state index contributed by atoms with van der Waals surface area (Å²) in [5.74, 6) is 0.747. The molecule has 0 fully saturated rings. The molecule has 0 bridgehead atoms. The minimum Gasteiger partial charge on any atom is -0.286 e. The molecule has 82 valence electrons. The zero-order chi connectivity index (χ0) is 11.1. The van der Waals surface area contributed by atoms with Gasteiger partial charge in [-0.3, -0.25) is 9.36 Å². The summed E-state index contributed by atoms with van der Waals surface area (Å²) in [6.07, 6.45) is 1.65. The molecule has 1 aliphatic heterocycles. The van der Waals surface area contributed by atoms with Crippen molar-refractivity contribution in [2.75, 3.05) is 5.75 Å². The molecule has 2 aromatic rings. The average molecular weight is 251 g/mol. The highest BCUT2D eigenvalue weighted by molar-refractivity contribution is 8.00. The SMILES string of the molecule is O=c1c2cccnc2nc2n1CC(CS)S2. The van der Waals surface area contributed by atoms with Crippen molar-refractivity contribution < 1.29 is 0 Å². The maximum Gasteiger partial charge on any atom is 0.263 e. The lowest BCUT2D eigenvalue weighted by Crippen LogP contribution is -2.22. The minimum absolute atomic E-state index is 0.00452. The molecule has 16 heavy (non-hydrogen) atoms. The van der Waals surface area contributed by atoms with Crippen LogP contribution in [-0.2, 0) is 6.54 Å². The lowest BCUT2D eigenvalue weighted by Gasteiger charge is -2.02. The molecule has 2 aromatic heterocycles. The van der Waals surface area contributed by atoms with Crippen LogP contribution in [0.4, 0.5) is 0 Å². The predicted octanol–water partition coefficient (Wildman–Crippen LogP) is 1.20. The van der Waals surface area contributed by atoms with Crippen LogP contribution >= 0.6 is 24.4 Å². The Morgan fingerprint density at radius 1 is 1.62 bits per heavy atom. The topological polar surface area (TPSA) is 47.8 Å². The molecule has 3 heterocycles. The Morgan fingerprint density at radius 2 is 2.50 bits per heavy atom. The van der Waals surface area contributed by atoms with Gasteiger partial charge in [-0.15, -0.1) is 0 Å². The summed E-state index contributed by atoms with van der Waals surface area (Å²) in [4.78, 5) is 20.6. The second kappa shape index (κ2) is 3.78. The van der Waals surface area contributed by atoms with Crippen LogP contribution in [0, 0.1) is 0 Å². The molecule has 1 unspecified atom stereocenters. The van der Waals surface area contributed by atoms with Crippen LogP contribution in [0.1, 0.15) is 0 Å². The van der Waals surface area contributed by atoms with Crippen molar-refractivity contribution in [3.63, 3.8) is 0 Å². The van der Waals surface area contributed by atoms with Gasteiger partial charge in [0, 0.05) is 23.7 Å². The van der Waals surface area contributed by atoms with Gasteiger partial charge < -0.3 is 0 Å². The van der Waals surface area contributed by atoms with Crippen molar-refractivity contribution in [3.05, 3.63) is 28.7 Å². The highest BCUT2D eigenvalue weighted by atomic mass is 32.2. The van der Waals surface area contributed by atoms with Gasteiger partial charge in [0.2, 0.25) is 0 Å². The van der Waals surface area contributed by atoms with E-state index in [1.54, 1.807) is 34.7 Å². The van der Waals surface area contributed by atoms with E-state index in [1.165, 1.54) is 0 Å². The van der Waals surface area contributed by atoms with Gasteiger partial charge in [-0.1, -0.05) is 11.8 Å². The van der Waals surface area contributed by atoms with Gasteiger partial charge >= 0.3 is 0 Å². The lowest BCUT2D eigenvalue weighted by molar-refractivity contribution is 0.630. The number of thiol groups is 1. The zero-order valence-corrected chi connectivity index (χ0v) is 10.0. The second-order valence-corrected chi connectivity index (χ2v) is 5.24. The Kier molecular flexibility index (Phi) is 2.40. The van der Waals surface area contributed by atoms with Crippen LogP contribution < -0.4 is 5.56 Å². The standard InChI is InChI=1S/C10H9N3OS2/c14-9-7-2-1-3-11-8(7)12-10-13(9)4-6(5-15)16-10/h1-3,6,15H,4-5H2. The van der Waals surface area contributed by atoms with E-state index < -0.39 is 0 Å². The molecule has 0 N–H and O–H groups in total. The summed E-state index contributed by atoms with van der Waals surface area (Å²) in [5.41, 5.74) is 0.538. The fourth-order valence-electron chi connectivity index (χ4n) is 1.77. The number of fused-ring (bicyclic) bond motifs is 2. The lowest BCUT2D eigenvalue weighted by atomic mass is 10.3. The van der Waals surface area contributed by atoms with Crippen molar-refractivity contribution in [1.82, 2.24) is 14.5 Å². The molecular formula is C10H9N3OS2. The molecule has 6 heteroatoms. The smallest absolute Gasteiger partial charge is 0.263 e. The fourth-order valence-corrected chi connectivity index (χ4v) is 3.13. The normalized spacial score (nSPS) is 18.9.